The van der Waals surface area contributed by atoms with Gasteiger partial charge in [0, 0.05) is 24.5 Å². The van der Waals surface area contributed by atoms with Gasteiger partial charge in [-0.05, 0) is 31.6 Å². The maximum atomic E-state index is 12.0. The summed E-state index contributed by atoms with van der Waals surface area (Å²) >= 11 is 3.51. The topological polar surface area (TPSA) is 64.4 Å². The number of halogens is 1. The number of rotatable bonds is 5. The molecule has 0 aliphatic heterocycles. The van der Waals surface area contributed by atoms with Gasteiger partial charge in [0.2, 0.25) is 0 Å². The Morgan fingerprint density at radius 1 is 1.53 bits per heavy atom. The third-order valence-corrected chi connectivity index (χ3v) is 4.39. The second-order valence-corrected chi connectivity index (χ2v) is 5.60. The van der Waals surface area contributed by atoms with Crippen LogP contribution < -0.4 is 5.32 Å². The van der Waals surface area contributed by atoms with Crippen LogP contribution in [0.2, 0.25) is 0 Å². The van der Waals surface area contributed by atoms with Crippen molar-refractivity contribution in [1.82, 2.24) is 10.5 Å². The lowest BCUT2D eigenvalue weighted by molar-refractivity contribution is 0.0913. The van der Waals surface area contributed by atoms with Crippen molar-refractivity contribution in [3.05, 3.63) is 17.5 Å². The fourth-order valence-electron chi connectivity index (χ4n) is 2.35. The van der Waals surface area contributed by atoms with Gasteiger partial charge in [0.05, 0.1) is 0 Å². The second kappa shape index (κ2) is 7.05. The van der Waals surface area contributed by atoms with Crippen molar-refractivity contribution in [3.63, 3.8) is 0 Å². The van der Waals surface area contributed by atoms with Crippen molar-refractivity contribution < 1.29 is 14.1 Å². The summed E-state index contributed by atoms with van der Waals surface area (Å²) in [7, 11) is 1.57. The molecule has 1 aliphatic rings. The number of amides is 1. The highest BCUT2D eigenvalue weighted by Gasteiger charge is 2.23. The molecule has 0 saturated heterocycles. The number of aromatic nitrogens is 1. The standard InChI is InChI=1S/C13H19BrN2O3/c1-18-8-11-6-12(16-19-11)13(17)15-10-4-2-9(7-14)3-5-10/h6,9-10H,2-5,7-8H2,1H3,(H,15,17). The number of hydrogen-bond acceptors (Lipinski definition) is 4. The Balaban J connectivity index is 1.83. The molecule has 0 bridgehead atoms. The monoisotopic (exact) mass is 330 g/mol. The number of carbonyl (C=O) groups excluding carboxylic acids is 1. The van der Waals surface area contributed by atoms with Crippen molar-refractivity contribution in [2.24, 2.45) is 5.92 Å². The van der Waals surface area contributed by atoms with Crippen LogP contribution in [0.3, 0.4) is 0 Å². The predicted octanol–water partition coefficient (Wildman–Crippen LogP) is 2.50. The van der Waals surface area contributed by atoms with E-state index in [2.05, 4.69) is 26.4 Å². The van der Waals surface area contributed by atoms with E-state index in [1.165, 1.54) is 0 Å². The molecule has 1 aromatic heterocycles. The van der Waals surface area contributed by atoms with Crippen molar-refractivity contribution in [1.29, 1.82) is 0 Å². The van der Waals surface area contributed by atoms with Crippen molar-refractivity contribution in [2.45, 2.75) is 38.3 Å². The zero-order valence-corrected chi connectivity index (χ0v) is 12.6. The quantitative estimate of drug-likeness (QED) is 0.842. The third-order valence-electron chi connectivity index (χ3n) is 3.48. The van der Waals surface area contributed by atoms with Gasteiger partial charge in [0.15, 0.2) is 11.5 Å². The molecule has 0 unspecified atom stereocenters. The molecule has 0 atom stereocenters. The van der Waals surface area contributed by atoms with Crippen molar-refractivity contribution in [2.75, 3.05) is 12.4 Å². The average Bonchev–Trinajstić information content (AvgIpc) is 2.89. The maximum absolute atomic E-state index is 12.0. The number of alkyl halides is 1. The second-order valence-electron chi connectivity index (χ2n) is 4.96. The Kier molecular flexibility index (Phi) is 5.39. The zero-order valence-electron chi connectivity index (χ0n) is 11.0. The molecule has 1 N–H and O–H groups in total. The molecular formula is C13H19BrN2O3. The summed E-state index contributed by atoms with van der Waals surface area (Å²) in [5.41, 5.74) is 0.328. The van der Waals surface area contributed by atoms with Gasteiger partial charge in [-0.3, -0.25) is 4.79 Å². The number of ether oxygens (including phenoxy) is 1. The molecule has 1 amide bonds. The summed E-state index contributed by atoms with van der Waals surface area (Å²) in [6, 6.07) is 1.88. The molecule has 0 spiro atoms. The van der Waals surface area contributed by atoms with Crippen LogP contribution in [0.15, 0.2) is 10.6 Å². The van der Waals surface area contributed by atoms with E-state index in [0.717, 1.165) is 36.9 Å². The first-order valence-corrected chi connectivity index (χ1v) is 7.66. The molecule has 6 heteroatoms. The Labute approximate surface area is 121 Å². The normalized spacial score (nSPS) is 23.3. The highest BCUT2D eigenvalue weighted by Crippen LogP contribution is 2.25. The molecule has 1 heterocycles. The lowest BCUT2D eigenvalue weighted by Crippen LogP contribution is -2.38. The SMILES string of the molecule is COCc1cc(C(=O)NC2CCC(CBr)CC2)no1. The molecular weight excluding hydrogens is 312 g/mol. The summed E-state index contributed by atoms with van der Waals surface area (Å²) in [5.74, 6) is 1.15. The van der Waals surface area contributed by atoms with E-state index >= 15 is 0 Å². The van der Waals surface area contributed by atoms with Gasteiger partial charge in [-0.15, -0.1) is 0 Å². The molecule has 19 heavy (non-hydrogen) atoms. The summed E-state index contributed by atoms with van der Waals surface area (Å²) in [6.45, 7) is 0.330. The fraction of sp³-hybridized carbons (Fsp3) is 0.692. The molecule has 1 aromatic rings. The van der Waals surface area contributed by atoms with Crippen LogP contribution >= 0.6 is 15.9 Å². The number of nitrogens with one attached hydrogen (secondary N) is 1. The van der Waals surface area contributed by atoms with Gasteiger partial charge >= 0.3 is 0 Å². The highest BCUT2D eigenvalue weighted by atomic mass is 79.9. The number of nitrogens with zero attached hydrogens (tertiary/aromatic N) is 1. The lowest BCUT2D eigenvalue weighted by Gasteiger charge is -2.27. The van der Waals surface area contributed by atoms with Gasteiger partial charge in [0.25, 0.3) is 5.91 Å². The van der Waals surface area contributed by atoms with Crippen LogP contribution in [-0.4, -0.2) is 29.5 Å². The lowest BCUT2D eigenvalue weighted by atomic mass is 9.87. The Morgan fingerprint density at radius 2 is 2.26 bits per heavy atom. The molecule has 1 fully saturated rings. The van der Waals surface area contributed by atoms with E-state index in [4.69, 9.17) is 9.26 Å². The molecule has 0 aromatic carbocycles. The summed E-state index contributed by atoms with van der Waals surface area (Å²) in [5, 5.41) is 7.83. The minimum atomic E-state index is -0.159. The molecule has 0 radical (unpaired) electrons. The van der Waals surface area contributed by atoms with Crippen LogP contribution in [0.1, 0.15) is 41.9 Å². The molecule has 1 aliphatic carbocycles. The first-order chi connectivity index (χ1) is 9.22. The minimum absolute atomic E-state index is 0.159. The average molecular weight is 331 g/mol. The van der Waals surface area contributed by atoms with Crippen molar-refractivity contribution >= 4 is 21.8 Å². The molecule has 2 rings (SSSR count). The number of methoxy groups -OCH3 is 1. The van der Waals surface area contributed by atoms with Gasteiger partial charge in [-0.1, -0.05) is 21.1 Å². The number of carbonyl (C=O) groups is 1. The van der Waals surface area contributed by atoms with E-state index in [0.29, 0.717) is 18.1 Å². The van der Waals surface area contributed by atoms with E-state index in [9.17, 15) is 4.79 Å². The highest BCUT2D eigenvalue weighted by molar-refractivity contribution is 9.09. The number of hydrogen-bond donors (Lipinski definition) is 1. The van der Waals surface area contributed by atoms with Crippen LogP contribution in [0.5, 0.6) is 0 Å². The van der Waals surface area contributed by atoms with Crippen LogP contribution in [0.25, 0.3) is 0 Å². The van der Waals surface area contributed by atoms with Gasteiger partial charge in [0.1, 0.15) is 6.61 Å². The minimum Gasteiger partial charge on any atom is -0.377 e. The Hall–Kier alpha value is -0.880. The van der Waals surface area contributed by atoms with E-state index < -0.39 is 0 Å². The summed E-state index contributed by atoms with van der Waals surface area (Å²) in [4.78, 5) is 12.0. The van der Waals surface area contributed by atoms with Gasteiger partial charge in [-0.2, -0.15) is 0 Å². The fourth-order valence-corrected chi connectivity index (χ4v) is 3.00. The smallest absolute Gasteiger partial charge is 0.273 e. The first-order valence-electron chi connectivity index (χ1n) is 6.54. The van der Waals surface area contributed by atoms with Crippen LogP contribution in [0, 0.1) is 5.92 Å². The summed E-state index contributed by atoms with van der Waals surface area (Å²) < 4.78 is 9.93. The molecule has 1 saturated carbocycles. The Morgan fingerprint density at radius 3 is 2.89 bits per heavy atom. The van der Waals surface area contributed by atoms with E-state index in [-0.39, 0.29) is 11.9 Å². The first kappa shape index (κ1) is 14.5. The Bertz CT molecular complexity index is 414. The summed E-state index contributed by atoms with van der Waals surface area (Å²) in [6.07, 6.45) is 4.38. The maximum Gasteiger partial charge on any atom is 0.273 e. The van der Waals surface area contributed by atoms with Crippen LogP contribution in [0.4, 0.5) is 0 Å². The predicted molar refractivity (Wildman–Crippen MR) is 74.2 cm³/mol. The van der Waals surface area contributed by atoms with E-state index in [1.807, 2.05) is 0 Å². The van der Waals surface area contributed by atoms with Gasteiger partial charge in [-0.25, -0.2) is 0 Å². The molecule has 106 valence electrons. The van der Waals surface area contributed by atoms with Crippen LogP contribution in [-0.2, 0) is 11.3 Å². The largest absolute Gasteiger partial charge is 0.377 e. The van der Waals surface area contributed by atoms with Crippen molar-refractivity contribution in [3.8, 4) is 0 Å². The third kappa shape index (κ3) is 4.04. The zero-order chi connectivity index (χ0) is 13.7. The van der Waals surface area contributed by atoms with Gasteiger partial charge < -0.3 is 14.6 Å². The molecule has 5 nitrogen and oxygen atoms in total. The van der Waals surface area contributed by atoms with E-state index in [1.54, 1.807) is 13.2 Å².